The topological polar surface area (TPSA) is 53.4 Å². The molecule has 0 aliphatic heterocycles. The Bertz CT molecular complexity index is 312. The molecule has 0 unspecified atom stereocenters. The fourth-order valence-electron chi connectivity index (χ4n) is 1.04. The lowest BCUT2D eigenvalue weighted by molar-refractivity contribution is 0.0697. The first kappa shape index (κ1) is 9.51. The van der Waals surface area contributed by atoms with E-state index < -0.39 is 5.97 Å². The van der Waals surface area contributed by atoms with Gasteiger partial charge in [-0.2, -0.15) is 0 Å². The van der Waals surface area contributed by atoms with Crippen molar-refractivity contribution < 1.29 is 9.90 Å². The van der Waals surface area contributed by atoms with Gasteiger partial charge in [-0.05, 0) is 13.0 Å². The first-order valence-electron chi connectivity index (χ1n) is 4.05. The standard InChI is InChI=1S/C9H12N2O2/c1-3-11(2)8-6-10-5-4-7(8)9(12)13/h4-6H,3H2,1-2H3,(H,12,13). The van der Waals surface area contributed by atoms with Crippen LogP contribution in [0.25, 0.3) is 0 Å². The van der Waals surface area contributed by atoms with E-state index in [0.29, 0.717) is 11.3 Å². The van der Waals surface area contributed by atoms with Crippen LogP contribution in [-0.2, 0) is 0 Å². The van der Waals surface area contributed by atoms with E-state index >= 15 is 0 Å². The molecule has 0 bridgehead atoms. The van der Waals surface area contributed by atoms with Crippen LogP contribution >= 0.6 is 0 Å². The van der Waals surface area contributed by atoms with Crippen molar-refractivity contribution in [3.8, 4) is 0 Å². The van der Waals surface area contributed by atoms with Crippen LogP contribution in [0.3, 0.4) is 0 Å². The number of carboxylic acid groups (broad SMARTS) is 1. The Morgan fingerprint density at radius 3 is 2.92 bits per heavy atom. The minimum absolute atomic E-state index is 0.291. The predicted molar refractivity (Wildman–Crippen MR) is 50.1 cm³/mol. The molecule has 0 radical (unpaired) electrons. The lowest BCUT2D eigenvalue weighted by Gasteiger charge is -2.17. The Morgan fingerprint density at radius 2 is 2.38 bits per heavy atom. The lowest BCUT2D eigenvalue weighted by atomic mass is 10.2. The number of carbonyl (C=O) groups is 1. The summed E-state index contributed by atoms with van der Waals surface area (Å²) in [6, 6.07) is 1.50. The molecule has 0 atom stereocenters. The third-order valence-electron chi connectivity index (χ3n) is 1.92. The summed E-state index contributed by atoms with van der Waals surface area (Å²) < 4.78 is 0. The minimum atomic E-state index is -0.919. The zero-order chi connectivity index (χ0) is 9.84. The molecule has 0 aliphatic carbocycles. The number of aromatic carboxylic acids is 1. The molecule has 4 heteroatoms. The van der Waals surface area contributed by atoms with Crippen LogP contribution in [-0.4, -0.2) is 29.7 Å². The SMILES string of the molecule is CCN(C)c1cnccc1C(=O)O. The van der Waals surface area contributed by atoms with Crippen molar-refractivity contribution in [3.05, 3.63) is 24.0 Å². The highest BCUT2D eigenvalue weighted by molar-refractivity contribution is 5.94. The summed E-state index contributed by atoms with van der Waals surface area (Å²) in [6.07, 6.45) is 3.05. The van der Waals surface area contributed by atoms with Crippen molar-refractivity contribution >= 4 is 11.7 Å². The molecule has 0 aromatic carbocycles. The second-order valence-corrected chi connectivity index (χ2v) is 2.71. The van der Waals surface area contributed by atoms with Crippen LogP contribution in [0, 0.1) is 0 Å². The average molecular weight is 180 g/mol. The van der Waals surface area contributed by atoms with E-state index in [-0.39, 0.29) is 0 Å². The summed E-state index contributed by atoms with van der Waals surface area (Å²) in [5.74, 6) is -0.919. The molecule has 1 heterocycles. The highest BCUT2D eigenvalue weighted by Crippen LogP contribution is 2.16. The molecule has 13 heavy (non-hydrogen) atoms. The van der Waals surface area contributed by atoms with Crippen LogP contribution in [0.5, 0.6) is 0 Å². The van der Waals surface area contributed by atoms with Gasteiger partial charge >= 0.3 is 5.97 Å². The number of hydrogen-bond acceptors (Lipinski definition) is 3. The molecule has 1 aromatic rings. The van der Waals surface area contributed by atoms with Crippen molar-refractivity contribution in [1.82, 2.24) is 4.98 Å². The van der Waals surface area contributed by atoms with Gasteiger partial charge in [0.25, 0.3) is 0 Å². The Morgan fingerprint density at radius 1 is 1.69 bits per heavy atom. The molecule has 0 fully saturated rings. The van der Waals surface area contributed by atoms with Gasteiger partial charge in [0.05, 0.1) is 17.4 Å². The van der Waals surface area contributed by atoms with Crippen molar-refractivity contribution in [2.75, 3.05) is 18.5 Å². The lowest BCUT2D eigenvalue weighted by Crippen LogP contribution is -2.19. The predicted octanol–water partition coefficient (Wildman–Crippen LogP) is 1.24. The third kappa shape index (κ3) is 1.96. The van der Waals surface area contributed by atoms with Gasteiger partial charge in [0.2, 0.25) is 0 Å². The summed E-state index contributed by atoms with van der Waals surface area (Å²) in [7, 11) is 1.84. The number of nitrogens with zero attached hydrogens (tertiary/aromatic N) is 2. The summed E-state index contributed by atoms with van der Waals surface area (Å²) in [6.45, 7) is 2.71. The zero-order valence-corrected chi connectivity index (χ0v) is 7.69. The van der Waals surface area contributed by atoms with Crippen molar-refractivity contribution in [1.29, 1.82) is 0 Å². The highest BCUT2D eigenvalue weighted by atomic mass is 16.4. The number of pyridine rings is 1. The van der Waals surface area contributed by atoms with Crippen LogP contribution in [0.2, 0.25) is 0 Å². The fourth-order valence-corrected chi connectivity index (χ4v) is 1.04. The maximum Gasteiger partial charge on any atom is 0.337 e. The zero-order valence-electron chi connectivity index (χ0n) is 7.69. The maximum absolute atomic E-state index is 10.8. The normalized spacial score (nSPS) is 9.69. The monoisotopic (exact) mass is 180 g/mol. The Hall–Kier alpha value is -1.58. The van der Waals surface area contributed by atoms with Gasteiger partial charge in [0, 0.05) is 19.8 Å². The Balaban J connectivity index is 3.11. The molecule has 70 valence electrons. The molecule has 0 spiro atoms. The number of carboxylic acids is 1. The Kier molecular flexibility index (Phi) is 2.84. The summed E-state index contributed by atoms with van der Waals surface area (Å²) >= 11 is 0. The second-order valence-electron chi connectivity index (χ2n) is 2.71. The minimum Gasteiger partial charge on any atom is -0.478 e. The van der Waals surface area contributed by atoms with Gasteiger partial charge in [0.1, 0.15) is 0 Å². The molecular weight excluding hydrogens is 168 g/mol. The van der Waals surface area contributed by atoms with Crippen LogP contribution < -0.4 is 4.90 Å². The molecule has 1 N–H and O–H groups in total. The maximum atomic E-state index is 10.8. The van der Waals surface area contributed by atoms with Crippen molar-refractivity contribution in [3.63, 3.8) is 0 Å². The van der Waals surface area contributed by atoms with Crippen LogP contribution in [0.1, 0.15) is 17.3 Å². The van der Waals surface area contributed by atoms with E-state index in [2.05, 4.69) is 4.98 Å². The van der Waals surface area contributed by atoms with Gasteiger partial charge in [0.15, 0.2) is 0 Å². The summed E-state index contributed by atoms with van der Waals surface area (Å²) in [5.41, 5.74) is 0.942. The van der Waals surface area contributed by atoms with Gasteiger partial charge < -0.3 is 10.0 Å². The summed E-state index contributed by atoms with van der Waals surface area (Å²) in [5, 5.41) is 8.86. The molecule has 0 saturated carbocycles. The average Bonchev–Trinajstić information content (AvgIpc) is 2.16. The van der Waals surface area contributed by atoms with Gasteiger partial charge in [-0.1, -0.05) is 0 Å². The first-order valence-corrected chi connectivity index (χ1v) is 4.05. The van der Waals surface area contributed by atoms with Gasteiger partial charge in [-0.3, -0.25) is 4.98 Å². The molecule has 4 nitrogen and oxygen atoms in total. The van der Waals surface area contributed by atoms with Crippen molar-refractivity contribution in [2.45, 2.75) is 6.92 Å². The first-order chi connectivity index (χ1) is 6.16. The van der Waals surface area contributed by atoms with Crippen molar-refractivity contribution in [2.24, 2.45) is 0 Å². The van der Waals surface area contributed by atoms with E-state index in [0.717, 1.165) is 6.54 Å². The number of anilines is 1. The highest BCUT2D eigenvalue weighted by Gasteiger charge is 2.11. The van der Waals surface area contributed by atoms with Crippen LogP contribution in [0.15, 0.2) is 18.5 Å². The van der Waals surface area contributed by atoms with Gasteiger partial charge in [-0.15, -0.1) is 0 Å². The van der Waals surface area contributed by atoms with E-state index in [1.807, 2.05) is 18.9 Å². The number of aromatic nitrogens is 1. The van der Waals surface area contributed by atoms with E-state index in [1.165, 1.54) is 12.3 Å². The second kappa shape index (κ2) is 3.89. The van der Waals surface area contributed by atoms with Crippen LogP contribution in [0.4, 0.5) is 5.69 Å². The molecule has 0 aliphatic rings. The van der Waals surface area contributed by atoms with E-state index in [9.17, 15) is 4.79 Å². The quantitative estimate of drug-likeness (QED) is 0.760. The molecular formula is C9H12N2O2. The summed E-state index contributed by atoms with van der Waals surface area (Å²) in [4.78, 5) is 16.5. The molecule has 0 saturated heterocycles. The Labute approximate surface area is 76.8 Å². The van der Waals surface area contributed by atoms with Gasteiger partial charge in [-0.25, -0.2) is 4.79 Å². The largest absolute Gasteiger partial charge is 0.478 e. The fraction of sp³-hybridized carbons (Fsp3) is 0.333. The van der Waals surface area contributed by atoms with E-state index in [4.69, 9.17) is 5.11 Å². The third-order valence-corrected chi connectivity index (χ3v) is 1.92. The molecule has 1 rings (SSSR count). The number of hydrogen-bond donors (Lipinski definition) is 1. The molecule has 1 aromatic heterocycles. The van der Waals surface area contributed by atoms with E-state index in [1.54, 1.807) is 6.20 Å². The number of rotatable bonds is 3. The molecule has 0 amide bonds. The smallest absolute Gasteiger partial charge is 0.337 e.